The first-order chi connectivity index (χ1) is 15.9. The summed E-state index contributed by atoms with van der Waals surface area (Å²) in [6, 6.07) is 18.2. The molecule has 1 saturated heterocycles. The maximum absolute atomic E-state index is 14.2. The number of carbonyl (C=O) groups excluding carboxylic acids is 1. The molecule has 1 atom stereocenters. The molecule has 0 N–H and O–H groups in total. The Morgan fingerprint density at radius 2 is 1.76 bits per heavy atom. The molecule has 168 valence electrons. The molecule has 0 unspecified atom stereocenters. The van der Waals surface area contributed by atoms with E-state index in [1.165, 1.54) is 6.07 Å². The number of amidine groups is 1. The molecule has 5 rings (SSSR count). The number of rotatable bonds is 1. The molecule has 6 heteroatoms. The zero-order valence-electron chi connectivity index (χ0n) is 19.0. The Kier molecular flexibility index (Phi) is 5.36. The lowest BCUT2D eigenvalue weighted by molar-refractivity contribution is 0.0576. The lowest BCUT2D eigenvalue weighted by atomic mass is 10.1. The van der Waals surface area contributed by atoms with Gasteiger partial charge in [-0.1, -0.05) is 29.8 Å². The Morgan fingerprint density at radius 1 is 1.00 bits per heavy atom. The van der Waals surface area contributed by atoms with E-state index in [2.05, 4.69) is 11.0 Å². The summed E-state index contributed by atoms with van der Waals surface area (Å²) in [4.78, 5) is 22.0. The molecule has 3 aromatic rings. The van der Waals surface area contributed by atoms with Crippen LogP contribution in [-0.4, -0.2) is 47.2 Å². The highest BCUT2D eigenvalue weighted by molar-refractivity contribution is 6.04. The highest BCUT2D eigenvalue weighted by Gasteiger charge is 2.32. The monoisotopic (exact) mass is 443 g/mol. The molecule has 2 aliphatic heterocycles. The van der Waals surface area contributed by atoms with Crippen LogP contribution in [0.1, 0.15) is 34.0 Å². The molecule has 2 heterocycles. The number of aliphatic imine (C=N–C) groups is 1. The number of carbonyl (C=O) groups is 1. The Labute approximate surface area is 193 Å². The highest BCUT2D eigenvalue weighted by Crippen LogP contribution is 2.39. The van der Waals surface area contributed by atoms with E-state index in [1.54, 1.807) is 23.1 Å². The van der Waals surface area contributed by atoms with Crippen LogP contribution in [0.5, 0.6) is 11.5 Å². The van der Waals surface area contributed by atoms with Gasteiger partial charge in [-0.2, -0.15) is 0 Å². The molecule has 3 aromatic carbocycles. The first-order valence-corrected chi connectivity index (χ1v) is 11.2. The van der Waals surface area contributed by atoms with Gasteiger partial charge < -0.3 is 14.5 Å². The molecule has 5 nitrogen and oxygen atoms in total. The van der Waals surface area contributed by atoms with Crippen LogP contribution < -0.4 is 4.74 Å². The van der Waals surface area contributed by atoms with Crippen LogP contribution in [0.25, 0.3) is 0 Å². The topological polar surface area (TPSA) is 45.1 Å². The SMILES string of the molecule is Cc1ccc2c(c1)Oc1ccc(C)cc1C(N1CCN(C(=O)c3ccccc3F)[C@@H](C)C1)=N2. The standard InChI is InChI=1S/C27H26FN3O2/c1-17-9-11-24-21(14-17)26(29-23-10-8-18(2)15-25(23)33-24)30-12-13-31(19(3)16-30)27(32)20-6-4-5-7-22(20)28/h4-11,14-15,19H,12-13,16H2,1-3H3/t19-/m0/s1. The maximum Gasteiger partial charge on any atom is 0.257 e. The minimum absolute atomic E-state index is 0.108. The first-order valence-electron chi connectivity index (χ1n) is 11.2. The summed E-state index contributed by atoms with van der Waals surface area (Å²) in [7, 11) is 0. The van der Waals surface area contributed by atoms with Crippen molar-refractivity contribution >= 4 is 17.4 Å². The van der Waals surface area contributed by atoms with Crippen molar-refractivity contribution in [3.63, 3.8) is 0 Å². The number of nitrogens with zero attached hydrogens (tertiary/aromatic N) is 3. The van der Waals surface area contributed by atoms with Gasteiger partial charge in [0.05, 0.1) is 11.1 Å². The number of halogens is 1. The number of hydrogen-bond acceptors (Lipinski definition) is 4. The summed E-state index contributed by atoms with van der Waals surface area (Å²) < 4.78 is 20.5. The second kappa shape index (κ2) is 8.35. The normalized spacial score (nSPS) is 17.5. The van der Waals surface area contributed by atoms with Crippen LogP contribution in [-0.2, 0) is 0 Å². The number of hydrogen-bond donors (Lipinski definition) is 0. The molecule has 0 saturated carbocycles. The predicted molar refractivity (Wildman–Crippen MR) is 127 cm³/mol. The Morgan fingerprint density at radius 3 is 2.55 bits per heavy atom. The molecular formula is C27H26FN3O2. The van der Waals surface area contributed by atoms with Gasteiger partial charge in [-0.15, -0.1) is 0 Å². The largest absolute Gasteiger partial charge is 0.454 e. The van der Waals surface area contributed by atoms with E-state index in [-0.39, 0.29) is 17.5 Å². The summed E-state index contributed by atoms with van der Waals surface area (Å²) in [5, 5.41) is 0. The van der Waals surface area contributed by atoms with Gasteiger partial charge in [-0.05, 0) is 62.7 Å². The van der Waals surface area contributed by atoms with Crippen molar-refractivity contribution in [3.05, 3.63) is 88.7 Å². The van der Waals surface area contributed by atoms with Crippen molar-refractivity contribution in [1.29, 1.82) is 0 Å². The predicted octanol–water partition coefficient (Wildman–Crippen LogP) is 5.47. The Hall–Kier alpha value is -3.67. The molecule has 0 bridgehead atoms. The van der Waals surface area contributed by atoms with E-state index < -0.39 is 5.82 Å². The van der Waals surface area contributed by atoms with Crippen LogP contribution in [0.2, 0.25) is 0 Å². The van der Waals surface area contributed by atoms with Crippen molar-refractivity contribution in [3.8, 4) is 11.5 Å². The summed E-state index contributed by atoms with van der Waals surface area (Å²) in [5.74, 6) is 1.57. The lowest BCUT2D eigenvalue weighted by Crippen LogP contribution is -2.55. The fourth-order valence-corrected chi connectivity index (χ4v) is 4.48. The third kappa shape index (κ3) is 3.97. The van der Waals surface area contributed by atoms with Crippen molar-refractivity contribution in [2.24, 2.45) is 4.99 Å². The van der Waals surface area contributed by atoms with E-state index in [1.807, 2.05) is 51.1 Å². The van der Waals surface area contributed by atoms with E-state index in [0.29, 0.717) is 19.6 Å². The van der Waals surface area contributed by atoms with Crippen LogP contribution in [0.15, 0.2) is 65.7 Å². The number of amides is 1. The van der Waals surface area contributed by atoms with Gasteiger partial charge >= 0.3 is 0 Å². The Balaban J connectivity index is 1.48. The number of benzene rings is 3. The second-order valence-corrected chi connectivity index (χ2v) is 8.78. The van der Waals surface area contributed by atoms with Gasteiger partial charge in [0.1, 0.15) is 23.1 Å². The molecule has 33 heavy (non-hydrogen) atoms. The fourth-order valence-electron chi connectivity index (χ4n) is 4.48. The maximum atomic E-state index is 14.2. The average molecular weight is 444 g/mol. The number of piperazine rings is 1. The van der Waals surface area contributed by atoms with Crippen LogP contribution in [0, 0.1) is 19.7 Å². The molecule has 1 fully saturated rings. The zero-order chi connectivity index (χ0) is 23.1. The van der Waals surface area contributed by atoms with Crippen LogP contribution in [0.3, 0.4) is 0 Å². The zero-order valence-corrected chi connectivity index (χ0v) is 19.0. The third-order valence-electron chi connectivity index (χ3n) is 6.23. The number of aryl methyl sites for hydroxylation is 2. The van der Waals surface area contributed by atoms with Crippen molar-refractivity contribution < 1.29 is 13.9 Å². The van der Waals surface area contributed by atoms with E-state index in [4.69, 9.17) is 9.73 Å². The van der Waals surface area contributed by atoms with Gasteiger partial charge in [0, 0.05) is 25.7 Å². The number of fused-ring (bicyclic) bond motifs is 2. The molecule has 0 aromatic heterocycles. The van der Waals surface area contributed by atoms with Crippen LogP contribution in [0.4, 0.5) is 10.1 Å². The van der Waals surface area contributed by atoms with Crippen molar-refractivity contribution in [2.75, 3.05) is 19.6 Å². The molecule has 0 radical (unpaired) electrons. The smallest absolute Gasteiger partial charge is 0.257 e. The first kappa shape index (κ1) is 21.2. The average Bonchev–Trinajstić information content (AvgIpc) is 2.95. The van der Waals surface area contributed by atoms with E-state index >= 15 is 0 Å². The minimum atomic E-state index is -0.487. The summed E-state index contributed by atoms with van der Waals surface area (Å²) in [5.41, 5.74) is 4.05. The van der Waals surface area contributed by atoms with Crippen molar-refractivity contribution in [2.45, 2.75) is 26.8 Å². The highest BCUT2D eigenvalue weighted by atomic mass is 19.1. The second-order valence-electron chi connectivity index (χ2n) is 8.78. The van der Waals surface area contributed by atoms with E-state index in [9.17, 15) is 9.18 Å². The van der Waals surface area contributed by atoms with Gasteiger partial charge in [0.2, 0.25) is 0 Å². The summed E-state index contributed by atoms with van der Waals surface area (Å²) >= 11 is 0. The van der Waals surface area contributed by atoms with Gasteiger partial charge in [-0.25, -0.2) is 9.38 Å². The third-order valence-corrected chi connectivity index (χ3v) is 6.23. The fraction of sp³-hybridized carbons (Fsp3) is 0.259. The molecular weight excluding hydrogens is 417 g/mol. The number of ether oxygens (including phenoxy) is 1. The minimum Gasteiger partial charge on any atom is -0.454 e. The van der Waals surface area contributed by atoms with Gasteiger partial charge in [-0.3, -0.25) is 4.79 Å². The van der Waals surface area contributed by atoms with Crippen LogP contribution >= 0.6 is 0 Å². The Bertz CT molecular complexity index is 1270. The van der Waals surface area contributed by atoms with Crippen molar-refractivity contribution in [1.82, 2.24) is 9.80 Å². The molecule has 2 aliphatic rings. The lowest BCUT2D eigenvalue weighted by Gasteiger charge is -2.41. The van der Waals surface area contributed by atoms with E-state index in [0.717, 1.165) is 39.7 Å². The van der Waals surface area contributed by atoms with Gasteiger partial charge in [0.25, 0.3) is 5.91 Å². The quantitative estimate of drug-likeness (QED) is 0.501. The van der Waals surface area contributed by atoms with Gasteiger partial charge in [0.15, 0.2) is 5.75 Å². The summed E-state index contributed by atoms with van der Waals surface area (Å²) in [6.45, 7) is 7.74. The molecule has 0 spiro atoms. The summed E-state index contributed by atoms with van der Waals surface area (Å²) in [6.07, 6.45) is 0. The molecule has 1 amide bonds. The molecule has 0 aliphatic carbocycles.